The molecule has 0 radical (unpaired) electrons. The van der Waals surface area contributed by atoms with E-state index in [4.69, 9.17) is 5.11 Å². The van der Waals surface area contributed by atoms with Gasteiger partial charge in [0.2, 0.25) is 0 Å². The Kier molecular flexibility index (Phi) is 3.98. The second-order valence-corrected chi connectivity index (χ2v) is 3.65. The Labute approximate surface area is 96.3 Å². The van der Waals surface area contributed by atoms with E-state index in [1.807, 2.05) is 0 Å². The Balaban J connectivity index is 2.88. The van der Waals surface area contributed by atoms with Crippen LogP contribution in [-0.4, -0.2) is 23.3 Å². The van der Waals surface area contributed by atoms with Gasteiger partial charge in [0.15, 0.2) is 0 Å². The van der Waals surface area contributed by atoms with Crippen molar-refractivity contribution in [3.05, 3.63) is 29.8 Å². The van der Waals surface area contributed by atoms with Crippen LogP contribution >= 0.6 is 0 Å². The van der Waals surface area contributed by atoms with Crippen LogP contribution in [-0.2, 0) is 11.2 Å². The third-order valence-electron chi connectivity index (χ3n) is 2.15. The molecule has 1 rings (SSSR count). The van der Waals surface area contributed by atoms with Crippen LogP contribution in [0.3, 0.4) is 0 Å². The minimum Gasteiger partial charge on any atom is -0.480 e. The van der Waals surface area contributed by atoms with Gasteiger partial charge in [-0.15, -0.1) is 0 Å². The van der Waals surface area contributed by atoms with Crippen molar-refractivity contribution in [3.63, 3.8) is 0 Å². The number of aliphatic carboxylic acids is 1. The SMILES string of the molecule is C[C@H](Nc1ccccc1CC(F)(F)F)C(=O)O. The molecule has 0 unspecified atom stereocenters. The largest absolute Gasteiger partial charge is 0.480 e. The predicted octanol–water partition coefficient (Wildman–Crippen LogP) is 2.68. The van der Waals surface area contributed by atoms with Crippen molar-refractivity contribution < 1.29 is 23.1 Å². The number of halogens is 3. The Morgan fingerprint density at radius 1 is 1.41 bits per heavy atom. The summed E-state index contributed by atoms with van der Waals surface area (Å²) in [5.74, 6) is -1.12. The molecule has 0 amide bonds. The molecule has 0 saturated heterocycles. The quantitative estimate of drug-likeness (QED) is 0.860. The van der Waals surface area contributed by atoms with Crippen molar-refractivity contribution in [2.24, 2.45) is 0 Å². The van der Waals surface area contributed by atoms with Crippen LogP contribution in [0.2, 0.25) is 0 Å². The van der Waals surface area contributed by atoms with Gasteiger partial charge in [-0.3, -0.25) is 4.79 Å². The van der Waals surface area contributed by atoms with E-state index in [1.54, 1.807) is 6.07 Å². The minimum atomic E-state index is -4.32. The van der Waals surface area contributed by atoms with E-state index in [2.05, 4.69) is 5.32 Å². The zero-order valence-electron chi connectivity index (χ0n) is 9.08. The number of hydrogen-bond acceptors (Lipinski definition) is 2. The number of hydrogen-bond donors (Lipinski definition) is 2. The highest BCUT2D eigenvalue weighted by Crippen LogP contribution is 2.26. The van der Waals surface area contributed by atoms with E-state index < -0.39 is 24.6 Å². The minimum absolute atomic E-state index is 0.0353. The third kappa shape index (κ3) is 4.34. The Hall–Kier alpha value is -1.72. The summed E-state index contributed by atoms with van der Waals surface area (Å²) in [5, 5.41) is 11.2. The summed E-state index contributed by atoms with van der Waals surface area (Å²) in [4.78, 5) is 10.6. The van der Waals surface area contributed by atoms with E-state index >= 15 is 0 Å². The summed E-state index contributed by atoms with van der Waals surface area (Å²) in [5.41, 5.74) is 0.229. The van der Waals surface area contributed by atoms with E-state index in [0.29, 0.717) is 0 Å². The van der Waals surface area contributed by atoms with Crippen LogP contribution in [0.25, 0.3) is 0 Å². The molecule has 1 atom stereocenters. The molecular formula is C11H12F3NO2. The summed E-state index contributed by atoms with van der Waals surface area (Å²) in [6.07, 6.45) is -5.40. The van der Waals surface area contributed by atoms with Crippen molar-refractivity contribution in [1.82, 2.24) is 0 Å². The van der Waals surface area contributed by atoms with Crippen LogP contribution in [0.15, 0.2) is 24.3 Å². The number of nitrogens with one attached hydrogen (secondary N) is 1. The lowest BCUT2D eigenvalue weighted by atomic mass is 10.1. The summed E-state index contributed by atoms with van der Waals surface area (Å²) >= 11 is 0. The number of carbonyl (C=O) groups is 1. The average molecular weight is 247 g/mol. The fourth-order valence-corrected chi connectivity index (χ4v) is 1.33. The van der Waals surface area contributed by atoms with Gasteiger partial charge in [-0.25, -0.2) is 0 Å². The molecule has 0 spiro atoms. The molecule has 94 valence electrons. The van der Waals surface area contributed by atoms with Crippen LogP contribution in [0, 0.1) is 0 Å². The van der Waals surface area contributed by atoms with Crippen LogP contribution in [0.1, 0.15) is 12.5 Å². The first-order valence-corrected chi connectivity index (χ1v) is 4.93. The lowest BCUT2D eigenvalue weighted by Gasteiger charge is -2.16. The Morgan fingerprint density at radius 3 is 2.53 bits per heavy atom. The van der Waals surface area contributed by atoms with Gasteiger partial charge in [0, 0.05) is 5.69 Å². The number of rotatable bonds is 4. The van der Waals surface area contributed by atoms with Crippen LogP contribution < -0.4 is 5.32 Å². The van der Waals surface area contributed by atoms with Gasteiger partial charge in [-0.1, -0.05) is 18.2 Å². The fourth-order valence-electron chi connectivity index (χ4n) is 1.33. The Morgan fingerprint density at radius 2 is 2.00 bits per heavy atom. The standard InChI is InChI=1S/C11H12F3NO2/c1-7(10(16)17)15-9-5-3-2-4-8(9)6-11(12,13)14/h2-5,7,15H,6H2,1H3,(H,16,17)/t7-/m0/s1. The summed E-state index contributed by atoms with van der Waals surface area (Å²) in [6.45, 7) is 1.37. The molecule has 3 nitrogen and oxygen atoms in total. The maximum absolute atomic E-state index is 12.3. The zero-order chi connectivity index (χ0) is 13.1. The molecule has 17 heavy (non-hydrogen) atoms. The molecule has 0 saturated carbocycles. The first-order valence-electron chi connectivity index (χ1n) is 4.93. The molecule has 1 aromatic carbocycles. The fraction of sp³-hybridized carbons (Fsp3) is 0.364. The second-order valence-electron chi connectivity index (χ2n) is 3.65. The smallest absolute Gasteiger partial charge is 0.393 e. The maximum Gasteiger partial charge on any atom is 0.393 e. The third-order valence-corrected chi connectivity index (χ3v) is 2.15. The van der Waals surface area contributed by atoms with Gasteiger partial charge in [0.1, 0.15) is 6.04 Å². The van der Waals surface area contributed by atoms with Crippen molar-refractivity contribution in [3.8, 4) is 0 Å². The lowest BCUT2D eigenvalue weighted by molar-refractivity contribution is -0.137. The number of alkyl halides is 3. The van der Waals surface area contributed by atoms with Crippen LogP contribution in [0.4, 0.5) is 18.9 Å². The number of para-hydroxylation sites is 1. The molecule has 0 bridgehead atoms. The predicted molar refractivity (Wildman–Crippen MR) is 56.9 cm³/mol. The average Bonchev–Trinajstić information content (AvgIpc) is 2.18. The van der Waals surface area contributed by atoms with Gasteiger partial charge in [-0.05, 0) is 18.6 Å². The Bertz CT molecular complexity index is 404. The topological polar surface area (TPSA) is 49.3 Å². The van der Waals surface area contributed by atoms with E-state index in [1.165, 1.54) is 25.1 Å². The zero-order valence-corrected chi connectivity index (χ0v) is 9.08. The van der Waals surface area contributed by atoms with Crippen molar-refractivity contribution >= 4 is 11.7 Å². The normalized spacial score (nSPS) is 13.2. The monoisotopic (exact) mass is 247 g/mol. The van der Waals surface area contributed by atoms with E-state index in [9.17, 15) is 18.0 Å². The highest BCUT2D eigenvalue weighted by molar-refractivity contribution is 5.77. The number of carboxylic acids is 1. The van der Waals surface area contributed by atoms with Gasteiger partial charge in [0.25, 0.3) is 0 Å². The first kappa shape index (κ1) is 13.3. The first-order chi connectivity index (χ1) is 7.79. The van der Waals surface area contributed by atoms with Gasteiger partial charge >= 0.3 is 12.1 Å². The number of anilines is 1. The molecule has 0 aliphatic heterocycles. The summed E-state index contributed by atoms with van der Waals surface area (Å²) < 4.78 is 36.8. The van der Waals surface area contributed by atoms with Crippen LogP contribution in [0.5, 0.6) is 0 Å². The highest BCUT2D eigenvalue weighted by Gasteiger charge is 2.29. The molecule has 6 heteroatoms. The van der Waals surface area contributed by atoms with Crippen molar-refractivity contribution in [2.75, 3.05) is 5.32 Å². The highest BCUT2D eigenvalue weighted by atomic mass is 19.4. The molecule has 0 aromatic heterocycles. The van der Waals surface area contributed by atoms with Crippen molar-refractivity contribution in [2.45, 2.75) is 25.6 Å². The second kappa shape index (κ2) is 5.07. The maximum atomic E-state index is 12.3. The lowest BCUT2D eigenvalue weighted by Crippen LogP contribution is -2.26. The van der Waals surface area contributed by atoms with Crippen molar-refractivity contribution in [1.29, 1.82) is 0 Å². The van der Waals surface area contributed by atoms with Gasteiger partial charge in [-0.2, -0.15) is 13.2 Å². The van der Waals surface area contributed by atoms with Gasteiger partial charge in [0.05, 0.1) is 6.42 Å². The summed E-state index contributed by atoms with van der Waals surface area (Å²) in [6, 6.07) is 4.85. The molecular weight excluding hydrogens is 235 g/mol. The summed E-state index contributed by atoms with van der Waals surface area (Å²) in [7, 11) is 0. The molecule has 0 aliphatic rings. The van der Waals surface area contributed by atoms with E-state index in [0.717, 1.165) is 0 Å². The molecule has 1 aromatic rings. The molecule has 0 aliphatic carbocycles. The molecule has 0 heterocycles. The van der Waals surface area contributed by atoms with E-state index in [-0.39, 0.29) is 11.3 Å². The molecule has 2 N–H and O–H groups in total. The number of benzene rings is 1. The van der Waals surface area contributed by atoms with Gasteiger partial charge < -0.3 is 10.4 Å². The molecule has 0 fully saturated rings. The number of carboxylic acid groups (broad SMARTS) is 1.